The molecule has 92 valence electrons. The van der Waals surface area contributed by atoms with Crippen molar-refractivity contribution in [2.45, 2.75) is 32.7 Å². The molecule has 5 nitrogen and oxygen atoms in total. The van der Waals surface area contributed by atoms with Gasteiger partial charge in [0.1, 0.15) is 0 Å². The van der Waals surface area contributed by atoms with Crippen LogP contribution < -0.4 is 5.32 Å². The maximum absolute atomic E-state index is 11.6. The number of carboxylic acids is 1. The van der Waals surface area contributed by atoms with Crippen molar-refractivity contribution in [2.75, 3.05) is 19.6 Å². The lowest BCUT2D eigenvalue weighted by Gasteiger charge is -2.34. The van der Waals surface area contributed by atoms with Crippen LogP contribution in [-0.4, -0.2) is 47.6 Å². The molecular formula is C11H20N2O3. The van der Waals surface area contributed by atoms with Crippen molar-refractivity contribution in [3.05, 3.63) is 0 Å². The van der Waals surface area contributed by atoms with Crippen LogP contribution in [0.2, 0.25) is 0 Å². The number of hydrogen-bond donors (Lipinski definition) is 2. The summed E-state index contributed by atoms with van der Waals surface area (Å²) in [6.45, 7) is 5.51. The van der Waals surface area contributed by atoms with E-state index in [1.807, 2.05) is 13.8 Å². The molecular weight excluding hydrogens is 208 g/mol. The van der Waals surface area contributed by atoms with Crippen molar-refractivity contribution in [1.82, 2.24) is 10.2 Å². The third-order valence-corrected chi connectivity index (χ3v) is 3.22. The molecule has 16 heavy (non-hydrogen) atoms. The third-order valence-electron chi connectivity index (χ3n) is 3.22. The van der Waals surface area contributed by atoms with Crippen LogP contribution in [0.1, 0.15) is 26.7 Å². The van der Waals surface area contributed by atoms with Crippen molar-refractivity contribution >= 4 is 11.9 Å². The molecule has 0 aromatic rings. The van der Waals surface area contributed by atoms with E-state index in [2.05, 4.69) is 5.32 Å². The predicted molar refractivity (Wildman–Crippen MR) is 60.1 cm³/mol. The van der Waals surface area contributed by atoms with E-state index in [9.17, 15) is 9.59 Å². The van der Waals surface area contributed by atoms with E-state index in [0.29, 0.717) is 19.5 Å². The molecule has 2 atom stereocenters. The minimum Gasteiger partial charge on any atom is -0.481 e. The van der Waals surface area contributed by atoms with Crippen LogP contribution in [0.15, 0.2) is 0 Å². The molecule has 1 amide bonds. The lowest BCUT2D eigenvalue weighted by Crippen LogP contribution is -2.51. The fraction of sp³-hybridized carbons (Fsp3) is 0.818. The lowest BCUT2D eigenvalue weighted by atomic mass is 9.79. The summed E-state index contributed by atoms with van der Waals surface area (Å²) < 4.78 is 0. The van der Waals surface area contributed by atoms with Crippen LogP contribution in [0.3, 0.4) is 0 Å². The molecule has 0 heterocycles. The normalized spacial score (nSPS) is 23.6. The zero-order chi connectivity index (χ0) is 12.1. The number of rotatable bonds is 6. The fourth-order valence-electron chi connectivity index (χ4n) is 1.95. The number of carbonyl (C=O) groups is 2. The fourth-order valence-corrected chi connectivity index (χ4v) is 1.95. The Labute approximate surface area is 95.8 Å². The topological polar surface area (TPSA) is 69.6 Å². The molecule has 0 saturated heterocycles. The quantitative estimate of drug-likeness (QED) is 0.686. The van der Waals surface area contributed by atoms with E-state index in [4.69, 9.17) is 5.11 Å². The molecule has 0 bridgehead atoms. The summed E-state index contributed by atoms with van der Waals surface area (Å²) in [7, 11) is 0. The van der Waals surface area contributed by atoms with E-state index in [1.165, 1.54) is 0 Å². The monoisotopic (exact) mass is 228 g/mol. The van der Waals surface area contributed by atoms with Gasteiger partial charge in [0, 0.05) is 19.1 Å². The van der Waals surface area contributed by atoms with Gasteiger partial charge in [0.2, 0.25) is 5.91 Å². The highest BCUT2D eigenvalue weighted by Gasteiger charge is 2.36. The number of nitrogens with one attached hydrogen (secondary N) is 1. The molecule has 1 aliphatic rings. The standard InChI is InChI=1S/C11H20N2O3/c1-3-13(4-2)10(14)7-12-9-6-5-8(9)11(15)16/h8-9,12H,3-7H2,1-2H3,(H,15,16). The Bertz CT molecular complexity index is 264. The van der Waals surface area contributed by atoms with Gasteiger partial charge in [0.15, 0.2) is 0 Å². The Hall–Kier alpha value is -1.10. The van der Waals surface area contributed by atoms with Gasteiger partial charge in [-0.1, -0.05) is 0 Å². The predicted octanol–water partition coefficient (Wildman–Crippen LogP) is 0.308. The van der Waals surface area contributed by atoms with Gasteiger partial charge in [0.05, 0.1) is 12.5 Å². The average Bonchev–Trinajstić information content (AvgIpc) is 2.17. The van der Waals surface area contributed by atoms with Gasteiger partial charge in [-0.15, -0.1) is 0 Å². The van der Waals surface area contributed by atoms with Crippen LogP contribution in [0, 0.1) is 5.92 Å². The van der Waals surface area contributed by atoms with E-state index < -0.39 is 5.97 Å². The SMILES string of the molecule is CCN(CC)C(=O)CNC1CCC1C(=O)O. The first-order valence-electron chi connectivity index (χ1n) is 5.84. The van der Waals surface area contributed by atoms with E-state index in [0.717, 1.165) is 6.42 Å². The smallest absolute Gasteiger partial charge is 0.308 e. The zero-order valence-corrected chi connectivity index (χ0v) is 9.90. The van der Waals surface area contributed by atoms with Gasteiger partial charge in [-0.05, 0) is 26.7 Å². The molecule has 1 saturated carbocycles. The first-order valence-corrected chi connectivity index (χ1v) is 5.84. The molecule has 0 aromatic carbocycles. The molecule has 0 aromatic heterocycles. The molecule has 1 rings (SSSR count). The third kappa shape index (κ3) is 2.95. The Balaban J connectivity index is 2.29. The van der Waals surface area contributed by atoms with Gasteiger partial charge in [-0.25, -0.2) is 0 Å². The second-order valence-electron chi connectivity index (χ2n) is 4.08. The van der Waals surface area contributed by atoms with Gasteiger partial charge in [-0.3, -0.25) is 9.59 Å². The van der Waals surface area contributed by atoms with Crippen molar-refractivity contribution in [3.63, 3.8) is 0 Å². The summed E-state index contributed by atoms with van der Waals surface area (Å²) in [6.07, 6.45) is 1.56. The Morgan fingerprint density at radius 2 is 1.94 bits per heavy atom. The maximum Gasteiger partial charge on any atom is 0.308 e. The second-order valence-corrected chi connectivity index (χ2v) is 4.08. The van der Waals surface area contributed by atoms with Crippen molar-refractivity contribution in [2.24, 2.45) is 5.92 Å². The Morgan fingerprint density at radius 1 is 1.31 bits per heavy atom. The minimum atomic E-state index is -0.765. The maximum atomic E-state index is 11.6. The van der Waals surface area contributed by atoms with Crippen LogP contribution in [-0.2, 0) is 9.59 Å². The largest absolute Gasteiger partial charge is 0.481 e. The average molecular weight is 228 g/mol. The summed E-state index contributed by atoms with van der Waals surface area (Å²) in [5, 5.41) is 11.9. The van der Waals surface area contributed by atoms with Crippen LogP contribution in [0.25, 0.3) is 0 Å². The number of amides is 1. The molecule has 0 radical (unpaired) electrons. The van der Waals surface area contributed by atoms with Crippen LogP contribution >= 0.6 is 0 Å². The number of nitrogens with zero attached hydrogens (tertiary/aromatic N) is 1. The van der Waals surface area contributed by atoms with E-state index >= 15 is 0 Å². The van der Waals surface area contributed by atoms with Crippen LogP contribution in [0.4, 0.5) is 0 Å². The van der Waals surface area contributed by atoms with Gasteiger partial charge in [-0.2, -0.15) is 0 Å². The van der Waals surface area contributed by atoms with Crippen molar-refractivity contribution in [3.8, 4) is 0 Å². The summed E-state index contributed by atoms with van der Waals surface area (Å²) in [6, 6.07) is -0.0305. The molecule has 2 unspecified atom stereocenters. The number of likely N-dealkylation sites (N-methyl/N-ethyl adjacent to an activating group) is 1. The minimum absolute atomic E-state index is 0.0305. The molecule has 1 aliphatic carbocycles. The summed E-state index contributed by atoms with van der Waals surface area (Å²) in [5.41, 5.74) is 0. The Kier molecular flexibility index (Phi) is 4.73. The highest BCUT2D eigenvalue weighted by atomic mass is 16.4. The molecule has 0 aliphatic heterocycles. The van der Waals surface area contributed by atoms with Gasteiger partial charge < -0.3 is 15.3 Å². The molecule has 0 spiro atoms. The molecule has 1 fully saturated rings. The lowest BCUT2D eigenvalue weighted by molar-refractivity contribution is -0.146. The van der Waals surface area contributed by atoms with Crippen LogP contribution in [0.5, 0.6) is 0 Å². The number of carbonyl (C=O) groups excluding carboxylic acids is 1. The summed E-state index contributed by atoms with van der Waals surface area (Å²) in [5.74, 6) is -1.04. The highest BCUT2D eigenvalue weighted by molar-refractivity contribution is 5.78. The number of carboxylic acid groups (broad SMARTS) is 1. The molecule has 2 N–H and O–H groups in total. The van der Waals surface area contributed by atoms with E-state index in [-0.39, 0.29) is 24.4 Å². The summed E-state index contributed by atoms with van der Waals surface area (Å²) >= 11 is 0. The number of aliphatic carboxylic acids is 1. The van der Waals surface area contributed by atoms with Gasteiger partial charge >= 0.3 is 5.97 Å². The second kappa shape index (κ2) is 5.84. The molecule has 5 heteroatoms. The summed E-state index contributed by atoms with van der Waals surface area (Å²) in [4.78, 5) is 24.1. The van der Waals surface area contributed by atoms with Crippen molar-refractivity contribution < 1.29 is 14.7 Å². The first-order chi connectivity index (χ1) is 7.60. The van der Waals surface area contributed by atoms with E-state index in [1.54, 1.807) is 4.90 Å². The Morgan fingerprint density at radius 3 is 2.31 bits per heavy atom. The van der Waals surface area contributed by atoms with Crippen molar-refractivity contribution in [1.29, 1.82) is 0 Å². The number of hydrogen-bond acceptors (Lipinski definition) is 3. The van der Waals surface area contributed by atoms with Gasteiger partial charge in [0.25, 0.3) is 0 Å². The highest BCUT2D eigenvalue weighted by Crippen LogP contribution is 2.27. The first kappa shape index (κ1) is 13.0. The zero-order valence-electron chi connectivity index (χ0n) is 9.90.